The van der Waals surface area contributed by atoms with Gasteiger partial charge in [-0.15, -0.1) is 0 Å². The standard InChI is InChI=1S/C29H35F3N4O2/c1-16-21(8-7-9-24(16)29(30,31)32)17(2)33-27-23-14-22(26(38-6)15-25(23)34-18(3)35-27)19-10-12-20(13-11-19)28(37)36(4)5/h7-9,14-15,17,19-20H,10-13H2,1-6H3,(H,33,34,35)/t17-,19?,20?/m0/s1. The number of anilines is 1. The van der Waals surface area contributed by atoms with Crippen LogP contribution in [0, 0.1) is 19.8 Å². The number of nitrogens with zero attached hydrogens (tertiary/aromatic N) is 3. The minimum atomic E-state index is -4.42. The average Bonchev–Trinajstić information content (AvgIpc) is 2.86. The second kappa shape index (κ2) is 10.8. The van der Waals surface area contributed by atoms with E-state index in [9.17, 15) is 18.0 Å². The molecule has 1 aliphatic rings. The molecule has 0 saturated heterocycles. The van der Waals surface area contributed by atoms with Crippen molar-refractivity contribution in [1.29, 1.82) is 0 Å². The van der Waals surface area contributed by atoms with Crippen molar-refractivity contribution in [2.24, 2.45) is 5.92 Å². The number of alkyl halides is 3. The lowest BCUT2D eigenvalue weighted by Gasteiger charge is -2.30. The van der Waals surface area contributed by atoms with Crippen LogP contribution < -0.4 is 10.1 Å². The highest BCUT2D eigenvalue weighted by atomic mass is 19.4. The Morgan fingerprint density at radius 3 is 2.39 bits per heavy atom. The molecule has 0 bridgehead atoms. The smallest absolute Gasteiger partial charge is 0.416 e. The lowest BCUT2D eigenvalue weighted by Crippen LogP contribution is -2.32. The number of carbonyl (C=O) groups excluding carboxylic acids is 1. The number of methoxy groups -OCH3 is 1. The van der Waals surface area contributed by atoms with Gasteiger partial charge in [0.25, 0.3) is 0 Å². The van der Waals surface area contributed by atoms with Gasteiger partial charge >= 0.3 is 6.18 Å². The van der Waals surface area contributed by atoms with E-state index in [4.69, 9.17) is 4.74 Å². The van der Waals surface area contributed by atoms with Crippen molar-refractivity contribution < 1.29 is 22.7 Å². The van der Waals surface area contributed by atoms with Crippen molar-refractivity contribution in [1.82, 2.24) is 14.9 Å². The lowest BCUT2D eigenvalue weighted by molar-refractivity contribution is -0.138. The lowest BCUT2D eigenvalue weighted by atomic mass is 9.77. The first-order valence-electron chi connectivity index (χ1n) is 12.9. The summed E-state index contributed by atoms with van der Waals surface area (Å²) in [5, 5.41) is 4.14. The summed E-state index contributed by atoms with van der Waals surface area (Å²) in [6.07, 6.45) is -1.07. The highest BCUT2D eigenvalue weighted by Gasteiger charge is 2.33. The number of benzene rings is 2. The molecule has 1 N–H and O–H groups in total. The molecule has 1 heterocycles. The summed E-state index contributed by atoms with van der Waals surface area (Å²) in [6.45, 7) is 5.12. The van der Waals surface area contributed by atoms with Crippen molar-refractivity contribution >= 4 is 22.6 Å². The van der Waals surface area contributed by atoms with E-state index >= 15 is 0 Å². The molecule has 1 amide bonds. The highest BCUT2D eigenvalue weighted by Crippen LogP contribution is 2.42. The van der Waals surface area contributed by atoms with E-state index < -0.39 is 17.8 Å². The van der Waals surface area contributed by atoms with Crippen LogP contribution in [0.1, 0.15) is 72.6 Å². The summed E-state index contributed by atoms with van der Waals surface area (Å²) in [7, 11) is 5.22. The summed E-state index contributed by atoms with van der Waals surface area (Å²) >= 11 is 0. The Morgan fingerprint density at radius 1 is 1.11 bits per heavy atom. The molecule has 204 valence electrons. The molecule has 0 spiro atoms. The highest BCUT2D eigenvalue weighted by molar-refractivity contribution is 5.91. The molecule has 1 saturated carbocycles. The Kier molecular flexibility index (Phi) is 7.85. The zero-order valence-electron chi connectivity index (χ0n) is 22.7. The van der Waals surface area contributed by atoms with E-state index in [0.717, 1.165) is 48.4 Å². The van der Waals surface area contributed by atoms with Crippen LogP contribution in [0.2, 0.25) is 0 Å². The molecule has 0 unspecified atom stereocenters. The Bertz CT molecular complexity index is 1330. The average molecular weight is 529 g/mol. The van der Waals surface area contributed by atoms with Gasteiger partial charge in [-0.05, 0) is 81.2 Å². The number of hydrogen-bond donors (Lipinski definition) is 1. The number of fused-ring (bicyclic) bond motifs is 1. The largest absolute Gasteiger partial charge is 0.496 e. The SMILES string of the molecule is COc1cc2nc(C)nc(N[C@@H](C)c3cccc(C(F)(F)F)c3C)c2cc1C1CCC(C(=O)N(C)C)CC1. The fourth-order valence-electron chi connectivity index (χ4n) is 5.62. The predicted octanol–water partition coefficient (Wildman–Crippen LogP) is 6.81. The van der Waals surface area contributed by atoms with E-state index in [1.54, 1.807) is 39.1 Å². The number of carbonyl (C=O) groups is 1. The third-order valence-electron chi connectivity index (χ3n) is 7.62. The summed E-state index contributed by atoms with van der Waals surface area (Å²) in [5.41, 5.74) is 1.85. The van der Waals surface area contributed by atoms with Gasteiger partial charge in [0.15, 0.2) is 0 Å². The van der Waals surface area contributed by atoms with Gasteiger partial charge in [-0.25, -0.2) is 9.97 Å². The minimum Gasteiger partial charge on any atom is -0.496 e. The maximum atomic E-state index is 13.5. The molecule has 0 radical (unpaired) electrons. The van der Waals surface area contributed by atoms with Crippen molar-refractivity contribution in [2.75, 3.05) is 26.5 Å². The second-order valence-electron chi connectivity index (χ2n) is 10.4. The summed E-state index contributed by atoms with van der Waals surface area (Å²) in [5.74, 6) is 2.28. The van der Waals surface area contributed by atoms with Crippen LogP contribution in [0.4, 0.5) is 19.0 Å². The van der Waals surface area contributed by atoms with Crippen LogP contribution in [-0.2, 0) is 11.0 Å². The van der Waals surface area contributed by atoms with Crippen molar-refractivity contribution in [2.45, 2.75) is 64.6 Å². The fraction of sp³-hybridized carbons (Fsp3) is 0.483. The first kappa shape index (κ1) is 27.7. The molecule has 1 aromatic heterocycles. The molecule has 38 heavy (non-hydrogen) atoms. The van der Waals surface area contributed by atoms with Gasteiger partial charge in [-0.2, -0.15) is 13.2 Å². The van der Waals surface area contributed by atoms with E-state index in [1.807, 2.05) is 19.1 Å². The minimum absolute atomic E-state index is 0.0347. The second-order valence-corrected chi connectivity index (χ2v) is 10.4. The summed E-state index contributed by atoms with van der Waals surface area (Å²) in [6, 6.07) is 7.78. The van der Waals surface area contributed by atoms with Crippen molar-refractivity contribution in [3.05, 3.63) is 58.4 Å². The number of aromatic nitrogens is 2. The van der Waals surface area contributed by atoms with Crippen LogP contribution in [0.25, 0.3) is 10.9 Å². The third kappa shape index (κ3) is 5.56. The molecular formula is C29H35F3N4O2. The molecule has 1 atom stereocenters. The molecule has 2 aromatic carbocycles. The Hall–Kier alpha value is -3.36. The number of ether oxygens (including phenoxy) is 1. The van der Waals surface area contributed by atoms with Crippen molar-refractivity contribution in [3.63, 3.8) is 0 Å². The molecular weight excluding hydrogens is 493 g/mol. The monoisotopic (exact) mass is 528 g/mol. The predicted molar refractivity (Wildman–Crippen MR) is 142 cm³/mol. The van der Waals surface area contributed by atoms with Gasteiger partial charge in [0.2, 0.25) is 5.91 Å². The van der Waals surface area contributed by atoms with Crippen LogP contribution in [-0.4, -0.2) is 42.0 Å². The van der Waals surface area contributed by atoms with E-state index in [1.165, 1.54) is 13.0 Å². The van der Waals surface area contributed by atoms with Crippen LogP contribution in [0.3, 0.4) is 0 Å². The van der Waals surface area contributed by atoms with Gasteiger partial charge in [0.05, 0.1) is 24.2 Å². The van der Waals surface area contributed by atoms with Crippen LogP contribution in [0.15, 0.2) is 30.3 Å². The van der Waals surface area contributed by atoms with Gasteiger partial charge in [0, 0.05) is 31.5 Å². The zero-order valence-corrected chi connectivity index (χ0v) is 22.7. The summed E-state index contributed by atoms with van der Waals surface area (Å²) < 4.78 is 46.3. The van der Waals surface area contributed by atoms with Gasteiger partial charge < -0.3 is 15.0 Å². The molecule has 6 nitrogen and oxygen atoms in total. The number of hydrogen-bond acceptors (Lipinski definition) is 5. The maximum absolute atomic E-state index is 13.5. The molecule has 4 rings (SSSR count). The van der Waals surface area contributed by atoms with Crippen LogP contribution >= 0.6 is 0 Å². The molecule has 1 aliphatic carbocycles. The van der Waals surface area contributed by atoms with Crippen LogP contribution in [0.5, 0.6) is 5.75 Å². The first-order valence-corrected chi connectivity index (χ1v) is 12.9. The molecule has 9 heteroatoms. The topological polar surface area (TPSA) is 67.4 Å². The number of rotatable bonds is 6. The zero-order chi connectivity index (χ0) is 27.8. The third-order valence-corrected chi connectivity index (χ3v) is 7.62. The van der Waals surface area contributed by atoms with Crippen molar-refractivity contribution in [3.8, 4) is 5.75 Å². The van der Waals surface area contributed by atoms with Gasteiger partial charge in [-0.1, -0.05) is 12.1 Å². The molecule has 1 fully saturated rings. The molecule has 3 aromatic rings. The Labute approximate surface area is 221 Å². The summed E-state index contributed by atoms with van der Waals surface area (Å²) in [4.78, 5) is 23.3. The quantitative estimate of drug-likeness (QED) is 0.381. The molecule has 0 aliphatic heterocycles. The number of aryl methyl sites for hydroxylation is 1. The Morgan fingerprint density at radius 2 is 1.79 bits per heavy atom. The van der Waals surface area contributed by atoms with Gasteiger partial charge in [-0.3, -0.25) is 4.79 Å². The Balaban J connectivity index is 1.69. The fourth-order valence-corrected chi connectivity index (χ4v) is 5.62. The van der Waals surface area contributed by atoms with E-state index in [-0.39, 0.29) is 23.3 Å². The number of halogens is 3. The van der Waals surface area contributed by atoms with E-state index in [0.29, 0.717) is 22.7 Å². The maximum Gasteiger partial charge on any atom is 0.416 e. The first-order chi connectivity index (χ1) is 17.9. The number of amides is 1. The van der Waals surface area contributed by atoms with Gasteiger partial charge in [0.1, 0.15) is 17.4 Å². The van der Waals surface area contributed by atoms with E-state index in [2.05, 4.69) is 15.3 Å². The normalized spacial score (nSPS) is 18.8. The number of nitrogens with one attached hydrogen (secondary N) is 1.